The van der Waals surface area contributed by atoms with Gasteiger partial charge in [-0.25, -0.2) is 0 Å². The molecular formula is C14H18IN3O2. The van der Waals surface area contributed by atoms with Crippen LogP contribution in [-0.2, 0) is 0 Å². The van der Waals surface area contributed by atoms with Crippen LogP contribution in [0.2, 0.25) is 0 Å². The summed E-state index contributed by atoms with van der Waals surface area (Å²) in [4.78, 5) is 14.5. The molecular weight excluding hydrogens is 369 g/mol. The highest BCUT2D eigenvalue weighted by atomic mass is 127. The fourth-order valence-corrected chi connectivity index (χ4v) is 2.68. The first kappa shape index (κ1) is 15.1. The van der Waals surface area contributed by atoms with Crippen molar-refractivity contribution < 1.29 is 10.0 Å². The predicted octanol–water partition coefficient (Wildman–Crippen LogP) is 2.34. The summed E-state index contributed by atoms with van der Waals surface area (Å²) in [5.74, 6) is 0.189. The molecule has 1 aliphatic rings. The molecule has 108 valence electrons. The van der Waals surface area contributed by atoms with Gasteiger partial charge in [-0.2, -0.15) is 0 Å². The number of halogens is 1. The summed E-state index contributed by atoms with van der Waals surface area (Å²) < 4.78 is 0.990. The highest BCUT2D eigenvalue weighted by Gasteiger charge is 2.33. The van der Waals surface area contributed by atoms with Crippen LogP contribution >= 0.6 is 22.6 Å². The Kier molecular flexibility index (Phi) is 4.85. The molecule has 5 nitrogen and oxygen atoms in total. The second kappa shape index (κ2) is 6.43. The highest BCUT2D eigenvalue weighted by Crippen LogP contribution is 2.29. The van der Waals surface area contributed by atoms with Crippen molar-refractivity contribution in [3.8, 4) is 0 Å². The van der Waals surface area contributed by atoms with Crippen LogP contribution < -0.4 is 5.73 Å². The summed E-state index contributed by atoms with van der Waals surface area (Å²) in [5, 5.41) is 11.6. The van der Waals surface area contributed by atoms with Crippen LogP contribution in [0.15, 0.2) is 23.4 Å². The van der Waals surface area contributed by atoms with E-state index in [0.29, 0.717) is 19.0 Å². The number of nitrogens with zero attached hydrogens (tertiary/aromatic N) is 2. The van der Waals surface area contributed by atoms with Crippen LogP contribution in [0.4, 0.5) is 0 Å². The molecule has 0 radical (unpaired) electrons. The Hall–Kier alpha value is -1.31. The van der Waals surface area contributed by atoms with Crippen LogP contribution in [0.5, 0.6) is 0 Å². The number of hydrogen-bond donors (Lipinski definition) is 2. The number of benzene rings is 1. The Morgan fingerprint density at radius 3 is 2.85 bits per heavy atom. The lowest BCUT2D eigenvalue weighted by Crippen LogP contribution is -2.36. The molecule has 1 aromatic carbocycles. The van der Waals surface area contributed by atoms with Gasteiger partial charge in [0.2, 0.25) is 0 Å². The van der Waals surface area contributed by atoms with Crippen LogP contribution in [0.25, 0.3) is 0 Å². The van der Waals surface area contributed by atoms with Crippen molar-refractivity contribution in [2.45, 2.75) is 32.2 Å². The van der Waals surface area contributed by atoms with E-state index in [1.54, 1.807) is 0 Å². The van der Waals surface area contributed by atoms with Gasteiger partial charge in [-0.15, -0.1) is 0 Å². The van der Waals surface area contributed by atoms with Gasteiger partial charge in [-0.05, 0) is 54.0 Å². The smallest absolute Gasteiger partial charge is 0.255 e. The van der Waals surface area contributed by atoms with Crippen molar-refractivity contribution >= 4 is 34.3 Å². The van der Waals surface area contributed by atoms with Gasteiger partial charge >= 0.3 is 0 Å². The van der Waals surface area contributed by atoms with E-state index in [1.165, 1.54) is 0 Å². The predicted molar refractivity (Wildman–Crippen MR) is 86.0 cm³/mol. The maximum absolute atomic E-state index is 12.7. The summed E-state index contributed by atoms with van der Waals surface area (Å²) >= 11 is 2.21. The number of oxime groups is 1. The highest BCUT2D eigenvalue weighted by molar-refractivity contribution is 14.1. The first-order valence-corrected chi connectivity index (χ1v) is 7.65. The third-order valence-electron chi connectivity index (χ3n) is 3.41. The van der Waals surface area contributed by atoms with Gasteiger partial charge in [0.1, 0.15) is 5.84 Å². The molecule has 1 saturated carbocycles. The van der Waals surface area contributed by atoms with Crippen LogP contribution in [0.1, 0.15) is 35.2 Å². The number of amides is 1. The quantitative estimate of drug-likeness (QED) is 0.268. The molecule has 1 fully saturated rings. The number of aryl methyl sites for hydroxylation is 1. The van der Waals surface area contributed by atoms with E-state index in [9.17, 15) is 4.79 Å². The second-order valence-electron chi connectivity index (χ2n) is 5.01. The molecule has 6 heteroatoms. The summed E-state index contributed by atoms with van der Waals surface area (Å²) in [6.07, 6.45) is 2.45. The van der Waals surface area contributed by atoms with E-state index in [-0.39, 0.29) is 11.7 Å². The van der Waals surface area contributed by atoms with Crippen molar-refractivity contribution in [2.24, 2.45) is 10.9 Å². The van der Waals surface area contributed by atoms with Gasteiger partial charge in [0.15, 0.2) is 0 Å². The molecule has 0 aliphatic heterocycles. The molecule has 0 heterocycles. The van der Waals surface area contributed by atoms with Gasteiger partial charge in [0.25, 0.3) is 5.91 Å². The molecule has 0 unspecified atom stereocenters. The Morgan fingerprint density at radius 1 is 1.55 bits per heavy atom. The second-order valence-corrected chi connectivity index (χ2v) is 6.09. The zero-order valence-electron chi connectivity index (χ0n) is 11.3. The monoisotopic (exact) mass is 387 g/mol. The van der Waals surface area contributed by atoms with Gasteiger partial charge in [-0.3, -0.25) is 4.79 Å². The fourth-order valence-electron chi connectivity index (χ4n) is 2.09. The molecule has 0 atom stereocenters. The minimum absolute atomic E-state index is 0.0336. The maximum atomic E-state index is 12.7. The van der Waals surface area contributed by atoms with Crippen LogP contribution in [-0.4, -0.2) is 34.4 Å². The average Bonchev–Trinajstić information content (AvgIpc) is 3.26. The minimum atomic E-state index is 0.0336. The first-order chi connectivity index (χ1) is 9.54. The molecule has 1 aliphatic carbocycles. The lowest BCUT2D eigenvalue weighted by molar-refractivity contribution is 0.0746. The van der Waals surface area contributed by atoms with Crippen LogP contribution in [0.3, 0.4) is 0 Å². The van der Waals surface area contributed by atoms with Gasteiger partial charge in [-0.1, -0.05) is 17.3 Å². The van der Waals surface area contributed by atoms with Gasteiger partial charge in [0.05, 0.1) is 5.56 Å². The normalized spacial score (nSPS) is 15.2. The van der Waals surface area contributed by atoms with Crippen molar-refractivity contribution in [2.75, 3.05) is 6.54 Å². The van der Waals surface area contributed by atoms with E-state index in [1.807, 2.05) is 30.0 Å². The molecule has 0 spiro atoms. The Labute approximate surface area is 132 Å². The molecule has 1 aromatic rings. The third-order valence-corrected chi connectivity index (χ3v) is 4.84. The van der Waals surface area contributed by atoms with Crippen molar-refractivity contribution in [3.05, 3.63) is 32.9 Å². The maximum Gasteiger partial charge on any atom is 0.255 e. The molecule has 0 aromatic heterocycles. The molecule has 0 bridgehead atoms. The first-order valence-electron chi connectivity index (χ1n) is 6.57. The molecule has 3 N–H and O–H groups in total. The standard InChI is InChI=1S/C14H18IN3O2/c1-9-3-2-4-11(13(9)15)14(19)18(10-5-6-10)8-7-12(16)17-20/h2-4,10,20H,5-8H2,1H3,(H2,16,17). The van der Waals surface area contributed by atoms with Crippen molar-refractivity contribution in [1.29, 1.82) is 0 Å². The Morgan fingerprint density at radius 2 is 2.25 bits per heavy atom. The summed E-state index contributed by atoms with van der Waals surface area (Å²) in [6.45, 7) is 2.49. The SMILES string of the molecule is Cc1cccc(C(=O)N(CC/C(N)=N/O)C2CC2)c1I. The number of hydrogen-bond acceptors (Lipinski definition) is 3. The zero-order chi connectivity index (χ0) is 14.7. The minimum Gasteiger partial charge on any atom is -0.409 e. The Balaban J connectivity index is 2.17. The molecule has 2 rings (SSSR count). The number of carbonyl (C=O) groups is 1. The van der Waals surface area contributed by atoms with Crippen LogP contribution in [0, 0.1) is 10.5 Å². The fraction of sp³-hybridized carbons (Fsp3) is 0.429. The third kappa shape index (κ3) is 3.41. The van der Waals surface area contributed by atoms with E-state index in [2.05, 4.69) is 27.7 Å². The van der Waals surface area contributed by atoms with E-state index < -0.39 is 0 Å². The lowest BCUT2D eigenvalue weighted by Gasteiger charge is -2.23. The number of nitrogens with two attached hydrogens (primary N) is 1. The largest absolute Gasteiger partial charge is 0.409 e. The molecule has 0 saturated heterocycles. The number of rotatable bonds is 5. The van der Waals surface area contributed by atoms with E-state index >= 15 is 0 Å². The average molecular weight is 387 g/mol. The van der Waals surface area contributed by atoms with Crippen molar-refractivity contribution in [1.82, 2.24) is 4.90 Å². The van der Waals surface area contributed by atoms with E-state index in [0.717, 1.165) is 27.5 Å². The van der Waals surface area contributed by atoms with E-state index in [4.69, 9.17) is 10.9 Å². The zero-order valence-corrected chi connectivity index (χ0v) is 13.5. The lowest BCUT2D eigenvalue weighted by atomic mass is 10.1. The molecule has 20 heavy (non-hydrogen) atoms. The number of amidine groups is 1. The van der Waals surface area contributed by atoms with Crippen molar-refractivity contribution in [3.63, 3.8) is 0 Å². The van der Waals surface area contributed by atoms with Gasteiger partial charge in [0, 0.05) is 22.6 Å². The molecule has 1 amide bonds. The number of carbonyl (C=O) groups excluding carboxylic acids is 1. The Bertz CT molecular complexity index is 541. The topological polar surface area (TPSA) is 78.9 Å². The summed E-state index contributed by atoms with van der Waals surface area (Å²) in [5.41, 5.74) is 7.33. The summed E-state index contributed by atoms with van der Waals surface area (Å²) in [7, 11) is 0. The summed E-state index contributed by atoms with van der Waals surface area (Å²) in [6, 6.07) is 6.05. The van der Waals surface area contributed by atoms with Gasteiger partial charge < -0.3 is 15.8 Å².